The van der Waals surface area contributed by atoms with E-state index < -0.39 is 18.2 Å². The molecule has 2 aromatic carbocycles. The third-order valence-electron chi connectivity index (χ3n) is 6.18. The lowest BCUT2D eigenvalue weighted by molar-refractivity contribution is -0.124. The van der Waals surface area contributed by atoms with Crippen LogP contribution in [0.1, 0.15) is 11.6 Å². The summed E-state index contributed by atoms with van der Waals surface area (Å²) in [4.78, 5) is 16.5. The summed E-state index contributed by atoms with van der Waals surface area (Å²) < 4.78 is 22.1. The zero-order valence-electron chi connectivity index (χ0n) is 19.0. The van der Waals surface area contributed by atoms with Gasteiger partial charge >= 0.3 is 0 Å². The van der Waals surface area contributed by atoms with Crippen molar-refractivity contribution in [3.8, 4) is 23.0 Å². The molecule has 3 unspecified atom stereocenters. The molecule has 2 aliphatic heterocycles. The number of rotatable bonds is 8. The van der Waals surface area contributed by atoms with Gasteiger partial charge in [0.2, 0.25) is 5.91 Å². The van der Waals surface area contributed by atoms with Gasteiger partial charge in [-0.05, 0) is 29.8 Å². The van der Waals surface area contributed by atoms with Gasteiger partial charge in [0.25, 0.3) is 0 Å². The third-order valence-corrected chi connectivity index (χ3v) is 6.18. The molecule has 1 saturated heterocycles. The normalized spacial score (nSPS) is 20.6. The van der Waals surface area contributed by atoms with Gasteiger partial charge in [-0.2, -0.15) is 0 Å². The van der Waals surface area contributed by atoms with Crippen molar-refractivity contribution in [3.63, 3.8) is 0 Å². The number of fused-ring (bicyclic) bond motifs is 1. The van der Waals surface area contributed by atoms with E-state index in [4.69, 9.17) is 24.7 Å². The van der Waals surface area contributed by atoms with Crippen molar-refractivity contribution < 1.29 is 28.8 Å². The molecule has 0 aromatic heterocycles. The number of nitrogens with zero attached hydrogens (tertiary/aromatic N) is 2. The number of nitrogens with two attached hydrogens (primary N) is 1. The minimum atomic E-state index is -0.708. The van der Waals surface area contributed by atoms with Crippen LogP contribution in [0.25, 0.3) is 0 Å². The number of aliphatic hydroxyl groups excluding tert-OH is 1. The smallest absolute Gasteiger partial charge is 0.239 e. The molecule has 4 rings (SSSR count). The Morgan fingerprint density at radius 3 is 2.36 bits per heavy atom. The van der Waals surface area contributed by atoms with E-state index in [-0.39, 0.29) is 12.5 Å². The maximum atomic E-state index is 12.2. The van der Waals surface area contributed by atoms with Gasteiger partial charge in [0.15, 0.2) is 17.6 Å². The highest BCUT2D eigenvalue weighted by Gasteiger charge is 2.33. The first kappa shape index (κ1) is 23.2. The summed E-state index contributed by atoms with van der Waals surface area (Å²) >= 11 is 0. The maximum absolute atomic E-state index is 12.2. The van der Waals surface area contributed by atoms with E-state index in [9.17, 15) is 9.90 Å². The zero-order valence-corrected chi connectivity index (χ0v) is 19.0. The summed E-state index contributed by atoms with van der Waals surface area (Å²) in [5, 5.41) is 10.8. The molecule has 0 radical (unpaired) electrons. The number of β-amino-alcohol motifs (C(OH)–C–C–N with tert-alkyl or cyclic N) is 1. The molecule has 2 heterocycles. The van der Waals surface area contributed by atoms with E-state index in [1.54, 1.807) is 32.4 Å². The number of hydrogen-bond donors (Lipinski definition) is 2. The maximum Gasteiger partial charge on any atom is 0.239 e. The first-order chi connectivity index (χ1) is 16.0. The Morgan fingerprint density at radius 2 is 1.73 bits per heavy atom. The number of piperazine rings is 1. The average molecular weight is 458 g/mol. The Labute approximate surface area is 193 Å². The molecule has 2 aromatic rings. The van der Waals surface area contributed by atoms with Crippen molar-refractivity contribution in [1.29, 1.82) is 0 Å². The second kappa shape index (κ2) is 10.3. The Balaban J connectivity index is 1.31. The fraction of sp³-hybridized carbons (Fsp3) is 0.458. The Kier molecular flexibility index (Phi) is 7.22. The molecule has 0 spiro atoms. The van der Waals surface area contributed by atoms with E-state index in [2.05, 4.69) is 9.80 Å². The van der Waals surface area contributed by atoms with Gasteiger partial charge in [-0.25, -0.2) is 0 Å². The van der Waals surface area contributed by atoms with Crippen LogP contribution in [0.2, 0.25) is 0 Å². The van der Waals surface area contributed by atoms with Crippen LogP contribution in [0, 0.1) is 0 Å². The molecule has 1 amide bonds. The van der Waals surface area contributed by atoms with Crippen LogP contribution in [0.3, 0.4) is 0 Å². The number of ether oxygens (including phenoxy) is 4. The van der Waals surface area contributed by atoms with Crippen LogP contribution in [-0.2, 0) is 4.79 Å². The molecule has 3 atom stereocenters. The molecule has 0 saturated carbocycles. The number of aliphatic hydroxyl groups is 1. The van der Waals surface area contributed by atoms with E-state index in [1.807, 2.05) is 24.3 Å². The second-order valence-electron chi connectivity index (χ2n) is 8.26. The van der Waals surface area contributed by atoms with Gasteiger partial charge < -0.3 is 29.8 Å². The summed E-state index contributed by atoms with van der Waals surface area (Å²) in [6.45, 7) is 3.46. The number of hydrogen-bond acceptors (Lipinski definition) is 8. The first-order valence-corrected chi connectivity index (χ1v) is 11.0. The minimum absolute atomic E-state index is 0.266. The van der Waals surface area contributed by atoms with Crippen molar-refractivity contribution in [2.75, 3.05) is 53.6 Å². The fourth-order valence-electron chi connectivity index (χ4n) is 4.31. The average Bonchev–Trinajstić information content (AvgIpc) is 2.84. The Morgan fingerprint density at radius 1 is 1.06 bits per heavy atom. The molecular formula is C24H31N3O6. The van der Waals surface area contributed by atoms with E-state index in [0.29, 0.717) is 50.0 Å². The third kappa shape index (κ3) is 5.32. The van der Waals surface area contributed by atoms with Gasteiger partial charge in [0.05, 0.1) is 14.2 Å². The summed E-state index contributed by atoms with van der Waals surface area (Å²) in [7, 11) is 3.20. The number of carbonyl (C=O) groups excluding carboxylic acids is 1. The van der Waals surface area contributed by atoms with Crippen LogP contribution < -0.4 is 24.7 Å². The fourth-order valence-corrected chi connectivity index (χ4v) is 4.31. The lowest BCUT2D eigenvalue weighted by Crippen LogP contribution is -2.54. The van der Waals surface area contributed by atoms with E-state index in [1.165, 1.54) is 0 Å². The summed E-state index contributed by atoms with van der Waals surface area (Å²) in [6.07, 6.45) is -1.16. The van der Waals surface area contributed by atoms with Crippen molar-refractivity contribution in [3.05, 3.63) is 48.0 Å². The molecule has 0 aliphatic carbocycles. The quantitative estimate of drug-likeness (QED) is 0.606. The van der Waals surface area contributed by atoms with Crippen LogP contribution in [0.15, 0.2) is 42.5 Å². The number of carbonyl (C=O) groups is 1. The Bertz CT molecular complexity index is 946. The molecule has 2 aliphatic rings. The van der Waals surface area contributed by atoms with Crippen LogP contribution in [-0.4, -0.2) is 86.6 Å². The highest BCUT2D eigenvalue weighted by atomic mass is 16.6. The molecule has 9 nitrogen and oxygen atoms in total. The van der Waals surface area contributed by atoms with Crippen LogP contribution in [0.4, 0.5) is 0 Å². The lowest BCUT2D eigenvalue weighted by Gasteiger charge is -2.40. The van der Waals surface area contributed by atoms with E-state index >= 15 is 0 Å². The van der Waals surface area contributed by atoms with Gasteiger partial charge in [-0.15, -0.1) is 0 Å². The molecule has 3 N–H and O–H groups in total. The molecule has 9 heteroatoms. The monoisotopic (exact) mass is 457 g/mol. The highest BCUT2D eigenvalue weighted by Crippen LogP contribution is 2.35. The van der Waals surface area contributed by atoms with Crippen molar-refractivity contribution in [1.82, 2.24) is 9.80 Å². The zero-order chi connectivity index (χ0) is 23.4. The van der Waals surface area contributed by atoms with Gasteiger partial charge in [-0.1, -0.05) is 12.1 Å². The molecular weight excluding hydrogens is 426 g/mol. The van der Waals surface area contributed by atoms with Crippen LogP contribution >= 0.6 is 0 Å². The predicted molar refractivity (Wildman–Crippen MR) is 122 cm³/mol. The summed E-state index contributed by atoms with van der Waals surface area (Å²) in [5.74, 6) is 2.26. The van der Waals surface area contributed by atoms with Crippen molar-refractivity contribution in [2.45, 2.75) is 18.2 Å². The van der Waals surface area contributed by atoms with Crippen molar-refractivity contribution in [2.24, 2.45) is 5.73 Å². The SMILES string of the molecule is COc1ccc(C(C(N)=O)N2CCN(CC(O)C3COc4cc(OC)ccc4O3)CC2)cc1. The number of methoxy groups -OCH3 is 2. The molecule has 178 valence electrons. The molecule has 0 bridgehead atoms. The first-order valence-electron chi connectivity index (χ1n) is 11.0. The van der Waals surface area contributed by atoms with E-state index in [0.717, 1.165) is 11.3 Å². The summed E-state index contributed by atoms with van der Waals surface area (Å²) in [6, 6.07) is 12.3. The predicted octanol–water partition coefficient (Wildman–Crippen LogP) is 1.05. The standard InChI is InChI=1S/C24H31N3O6/c1-30-17-5-3-16(4-6-17)23(24(25)29)27-11-9-26(10-12-27)14-19(28)22-15-32-21-13-18(31-2)7-8-20(21)33-22/h3-8,13,19,22-23,28H,9-12,14-15H2,1-2H3,(H2,25,29). The largest absolute Gasteiger partial charge is 0.497 e. The Hall–Kier alpha value is -3.01. The summed E-state index contributed by atoms with van der Waals surface area (Å²) in [5.41, 5.74) is 6.58. The lowest BCUT2D eigenvalue weighted by atomic mass is 10.0. The van der Waals surface area contributed by atoms with Crippen LogP contribution in [0.5, 0.6) is 23.0 Å². The second-order valence-corrected chi connectivity index (χ2v) is 8.26. The number of amides is 1. The van der Waals surface area contributed by atoms with Crippen molar-refractivity contribution >= 4 is 5.91 Å². The highest BCUT2D eigenvalue weighted by molar-refractivity contribution is 5.81. The van der Waals surface area contributed by atoms with Gasteiger partial charge in [0, 0.05) is 38.8 Å². The van der Waals surface area contributed by atoms with Gasteiger partial charge in [0.1, 0.15) is 30.3 Å². The van der Waals surface area contributed by atoms with Gasteiger partial charge in [-0.3, -0.25) is 14.6 Å². The molecule has 1 fully saturated rings. The number of benzene rings is 2. The molecule has 33 heavy (non-hydrogen) atoms. The topological polar surface area (TPSA) is 107 Å². The minimum Gasteiger partial charge on any atom is -0.497 e. The number of primary amides is 1.